The molecule has 0 spiro atoms. The smallest absolute Gasteiger partial charge is 0.287 e. The Hall–Kier alpha value is -2.13. The zero-order valence-corrected chi connectivity index (χ0v) is 24.2. The minimum atomic E-state index is -1.85. The molecular formula is C25H30BrFN4O3PS+. The maximum Gasteiger partial charge on any atom is 0.287 e. The third kappa shape index (κ3) is 5.28. The predicted octanol–water partition coefficient (Wildman–Crippen LogP) is 6.08. The van der Waals surface area contributed by atoms with Gasteiger partial charge in [0.15, 0.2) is 11.1 Å². The van der Waals surface area contributed by atoms with E-state index in [1.54, 1.807) is 17.0 Å². The Morgan fingerprint density at radius 1 is 1.31 bits per heavy atom. The Morgan fingerprint density at radius 2 is 2.06 bits per heavy atom. The monoisotopic (exact) mass is 595 g/mol. The molecule has 0 fully saturated rings. The van der Waals surface area contributed by atoms with Crippen molar-refractivity contribution in [3.8, 4) is 0 Å². The van der Waals surface area contributed by atoms with Gasteiger partial charge in [-0.1, -0.05) is 43.5 Å². The number of nitrogens with zero attached hydrogens (tertiary/aromatic N) is 2. The molecular weight excluding hydrogens is 566 g/mol. The molecule has 2 aromatic carbocycles. The predicted molar refractivity (Wildman–Crippen MR) is 152 cm³/mol. The first-order valence-corrected chi connectivity index (χ1v) is 14.9. The minimum absolute atomic E-state index is 0.0260. The molecule has 2 heterocycles. The van der Waals surface area contributed by atoms with Gasteiger partial charge in [-0.25, -0.2) is 8.91 Å². The summed E-state index contributed by atoms with van der Waals surface area (Å²) in [4.78, 5) is 15.4. The molecule has 3 N–H and O–H groups in total. The third-order valence-electron chi connectivity index (χ3n) is 5.91. The van der Waals surface area contributed by atoms with Crippen LogP contribution in [-0.4, -0.2) is 40.7 Å². The standard InChI is InChI=1S/C25H29BrFN4O3PS/c1-6-34-35-19-12-15(30-36-5)8-10-18(19)28-23(29-35)20-21(32)22(25(2,3)4)31(24(20)33)13-14-7-9-17(27)16(26)11-14/h7-12,22,30,32H,6,13H2,1-5H3,(H,28,29)/p+1. The molecule has 2 aliphatic heterocycles. The van der Waals surface area contributed by atoms with Gasteiger partial charge in [0.2, 0.25) is 0 Å². The lowest BCUT2D eigenvalue weighted by Crippen LogP contribution is -2.43. The van der Waals surface area contributed by atoms with Gasteiger partial charge in [0, 0.05) is 24.6 Å². The van der Waals surface area contributed by atoms with Crippen molar-refractivity contribution in [3.63, 3.8) is 0 Å². The number of carbonyl (C=O) groups is 1. The van der Waals surface area contributed by atoms with Gasteiger partial charge in [-0.05, 0) is 58.1 Å². The van der Waals surface area contributed by atoms with E-state index in [9.17, 15) is 14.3 Å². The molecule has 4 rings (SSSR count). The van der Waals surface area contributed by atoms with Gasteiger partial charge in [0.05, 0.1) is 22.8 Å². The van der Waals surface area contributed by atoms with Crippen molar-refractivity contribution in [3.05, 3.63) is 63.6 Å². The number of aliphatic hydroxyl groups is 1. The maximum absolute atomic E-state index is 13.8. The second-order valence-electron chi connectivity index (χ2n) is 9.60. The fourth-order valence-corrected chi connectivity index (χ4v) is 6.88. The number of rotatable bonds is 7. The molecule has 0 aromatic heterocycles. The van der Waals surface area contributed by atoms with E-state index in [1.165, 1.54) is 18.0 Å². The number of hydrogen-bond donors (Lipinski definition) is 3. The van der Waals surface area contributed by atoms with Crippen LogP contribution in [0.15, 0.2) is 57.0 Å². The van der Waals surface area contributed by atoms with Crippen LogP contribution in [0.25, 0.3) is 0 Å². The van der Waals surface area contributed by atoms with Gasteiger partial charge in [-0.3, -0.25) is 4.79 Å². The average Bonchev–Trinajstić information content (AvgIpc) is 3.06. The summed E-state index contributed by atoms with van der Waals surface area (Å²) in [6.45, 7) is 8.51. The Morgan fingerprint density at radius 3 is 2.69 bits per heavy atom. The number of benzene rings is 2. The number of aliphatic hydroxyl groups excluding tert-OH is 1. The van der Waals surface area contributed by atoms with E-state index < -0.39 is 19.8 Å². The number of nitrogens with one attached hydrogen (secondary N) is 2. The third-order valence-corrected chi connectivity index (χ3v) is 8.82. The van der Waals surface area contributed by atoms with Crippen molar-refractivity contribution in [2.75, 3.05) is 22.9 Å². The van der Waals surface area contributed by atoms with E-state index in [1.807, 2.05) is 52.1 Å². The van der Waals surface area contributed by atoms with E-state index in [4.69, 9.17) is 9.29 Å². The van der Waals surface area contributed by atoms with Crippen molar-refractivity contribution in [1.29, 1.82) is 0 Å². The van der Waals surface area contributed by atoms with E-state index in [-0.39, 0.29) is 29.6 Å². The highest BCUT2D eigenvalue weighted by Gasteiger charge is 2.48. The van der Waals surface area contributed by atoms with Crippen LogP contribution in [0.3, 0.4) is 0 Å². The van der Waals surface area contributed by atoms with Crippen molar-refractivity contribution >= 4 is 64.6 Å². The Bertz CT molecular complexity index is 1250. The maximum atomic E-state index is 13.8. The van der Waals surface area contributed by atoms with Crippen LogP contribution < -0.4 is 15.3 Å². The topological polar surface area (TPSA) is 86.2 Å². The van der Waals surface area contributed by atoms with E-state index in [0.717, 1.165) is 22.2 Å². The molecule has 2 aliphatic rings. The lowest BCUT2D eigenvalue weighted by molar-refractivity contribution is -0.129. The summed E-state index contributed by atoms with van der Waals surface area (Å²) in [6.07, 6.45) is 1.95. The van der Waals surface area contributed by atoms with E-state index in [0.29, 0.717) is 16.9 Å². The Labute approximate surface area is 224 Å². The molecule has 1 amide bonds. The highest BCUT2D eigenvalue weighted by molar-refractivity contribution is 9.10. The van der Waals surface area contributed by atoms with E-state index >= 15 is 0 Å². The van der Waals surface area contributed by atoms with Gasteiger partial charge in [-0.15, -0.1) is 0 Å². The Balaban J connectivity index is 1.73. The Kier molecular flexibility index (Phi) is 8.00. The number of halogens is 2. The van der Waals surface area contributed by atoms with Crippen LogP contribution in [0, 0.1) is 11.2 Å². The normalized spacial score (nSPS) is 19.8. The number of hydrogen-bond acceptors (Lipinski definition) is 7. The highest BCUT2D eigenvalue weighted by Crippen LogP contribution is 2.46. The second-order valence-corrected chi connectivity index (χ2v) is 12.7. The van der Waals surface area contributed by atoms with Crippen molar-refractivity contribution < 1.29 is 18.8 Å². The summed E-state index contributed by atoms with van der Waals surface area (Å²) in [5.74, 6) is -0.417. The number of fused-ring (bicyclic) bond motifs is 1. The summed E-state index contributed by atoms with van der Waals surface area (Å²) in [5, 5.41) is 15.6. The number of amides is 1. The highest BCUT2D eigenvalue weighted by atomic mass is 79.9. The molecule has 2 unspecified atom stereocenters. The molecule has 7 nitrogen and oxygen atoms in total. The minimum Gasteiger partial charge on any atom is -0.509 e. The molecule has 11 heteroatoms. The first kappa shape index (κ1) is 26.9. The van der Waals surface area contributed by atoms with Gasteiger partial charge < -0.3 is 20.0 Å². The SMILES string of the molecule is CCO[PH+]1N=C(C2=C(O)C(C(C)(C)C)N(Cc3ccc(F)c(Br)c3)C2=O)Nc2ccc(NSC)cc21. The summed E-state index contributed by atoms with van der Waals surface area (Å²) >= 11 is 4.72. The molecule has 2 aromatic rings. The first-order valence-electron chi connectivity index (χ1n) is 11.5. The largest absolute Gasteiger partial charge is 0.509 e. The summed E-state index contributed by atoms with van der Waals surface area (Å²) in [7, 11) is -1.85. The van der Waals surface area contributed by atoms with Crippen molar-refractivity contribution in [1.82, 2.24) is 4.90 Å². The zero-order valence-electron chi connectivity index (χ0n) is 20.8. The molecule has 0 saturated carbocycles. The second kappa shape index (κ2) is 10.7. The van der Waals surface area contributed by atoms with Gasteiger partial charge in [0.25, 0.3) is 14.2 Å². The number of anilines is 2. The van der Waals surface area contributed by atoms with Crippen molar-refractivity contribution in [2.24, 2.45) is 10.2 Å². The van der Waals surface area contributed by atoms with Gasteiger partial charge in [-0.2, -0.15) is 0 Å². The lowest BCUT2D eigenvalue weighted by atomic mass is 9.85. The molecule has 0 bridgehead atoms. The molecule has 2 atom stereocenters. The molecule has 0 aliphatic carbocycles. The summed E-state index contributed by atoms with van der Waals surface area (Å²) in [6, 6.07) is 9.96. The lowest BCUT2D eigenvalue weighted by Gasteiger charge is -2.35. The summed E-state index contributed by atoms with van der Waals surface area (Å²) in [5.41, 5.74) is 2.17. The summed E-state index contributed by atoms with van der Waals surface area (Å²) < 4.78 is 28.2. The number of amidine groups is 1. The fraction of sp³-hybridized carbons (Fsp3) is 0.360. The quantitative estimate of drug-likeness (QED) is 0.266. The molecule has 192 valence electrons. The van der Waals surface area contributed by atoms with Crippen LogP contribution in [0.2, 0.25) is 0 Å². The van der Waals surface area contributed by atoms with Crippen LogP contribution in [0.5, 0.6) is 0 Å². The van der Waals surface area contributed by atoms with Crippen LogP contribution in [0.4, 0.5) is 15.8 Å². The fourth-order valence-electron chi connectivity index (χ4n) is 4.45. The van der Waals surface area contributed by atoms with Gasteiger partial charge in [0.1, 0.15) is 17.1 Å². The zero-order chi connectivity index (χ0) is 26.2. The van der Waals surface area contributed by atoms with Gasteiger partial charge >= 0.3 is 0 Å². The molecule has 0 radical (unpaired) electrons. The molecule has 36 heavy (non-hydrogen) atoms. The van der Waals surface area contributed by atoms with E-state index in [2.05, 4.69) is 26.0 Å². The van der Waals surface area contributed by atoms with Crippen LogP contribution in [-0.2, 0) is 15.9 Å². The first-order chi connectivity index (χ1) is 17.0. The van der Waals surface area contributed by atoms with Crippen LogP contribution in [0.1, 0.15) is 33.3 Å². The average molecular weight is 596 g/mol. The molecule has 0 saturated heterocycles. The van der Waals surface area contributed by atoms with Crippen LogP contribution >= 0.6 is 36.2 Å². The van der Waals surface area contributed by atoms with Crippen molar-refractivity contribution in [2.45, 2.75) is 40.3 Å². The number of carbonyl (C=O) groups excluding carboxylic acids is 1.